The molecule has 0 amide bonds. The number of hydrogen-bond acceptors (Lipinski definition) is 3. The zero-order valence-electron chi connectivity index (χ0n) is 7.54. The molecule has 13 heavy (non-hydrogen) atoms. The van der Waals surface area contributed by atoms with Crippen LogP contribution in [-0.4, -0.2) is 16.8 Å². The van der Waals surface area contributed by atoms with Crippen LogP contribution in [0.5, 0.6) is 0 Å². The van der Waals surface area contributed by atoms with Crippen LogP contribution in [0, 0.1) is 0 Å². The lowest BCUT2D eigenvalue weighted by Gasteiger charge is -2.02. The van der Waals surface area contributed by atoms with Gasteiger partial charge >= 0.3 is 0 Å². The predicted molar refractivity (Wildman–Crippen MR) is 63.9 cm³/mol. The molecular formula is C9H11BrOS2. The summed E-state index contributed by atoms with van der Waals surface area (Å²) in [6.45, 7) is 4.20. The summed E-state index contributed by atoms with van der Waals surface area (Å²) >= 11 is 6.54. The van der Waals surface area contributed by atoms with Crippen molar-refractivity contribution in [3.8, 4) is 0 Å². The number of thiophene rings is 1. The lowest BCUT2D eigenvalue weighted by molar-refractivity contribution is 0.102. The molecule has 0 spiro atoms. The average molecular weight is 279 g/mol. The fraction of sp³-hybridized carbons (Fsp3) is 0.444. The van der Waals surface area contributed by atoms with E-state index in [0.29, 0.717) is 11.0 Å². The van der Waals surface area contributed by atoms with E-state index in [4.69, 9.17) is 0 Å². The van der Waals surface area contributed by atoms with Crippen molar-refractivity contribution in [3.63, 3.8) is 0 Å². The van der Waals surface area contributed by atoms with Crippen molar-refractivity contribution < 1.29 is 4.79 Å². The van der Waals surface area contributed by atoms with E-state index in [0.717, 1.165) is 9.35 Å². The normalized spacial score (nSPS) is 10.8. The smallest absolute Gasteiger partial charge is 0.183 e. The second-order valence-electron chi connectivity index (χ2n) is 2.88. The van der Waals surface area contributed by atoms with Gasteiger partial charge in [-0.15, -0.1) is 11.3 Å². The molecule has 1 heterocycles. The molecule has 0 aliphatic rings. The predicted octanol–water partition coefficient (Wildman–Crippen LogP) is 3.83. The average Bonchev–Trinajstić information content (AvgIpc) is 2.47. The zero-order valence-corrected chi connectivity index (χ0v) is 10.8. The van der Waals surface area contributed by atoms with E-state index in [-0.39, 0.29) is 5.78 Å². The molecule has 0 unspecified atom stereocenters. The summed E-state index contributed by atoms with van der Waals surface area (Å²) in [4.78, 5) is 12.4. The first kappa shape index (κ1) is 11.3. The first-order valence-electron chi connectivity index (χ1n) is 3.99. The van der Waals surface area contributed by atoms with Gasteiger partial charge in [-0.05, 0) is 32.6 Å². The van der Waals surface area contributed by atoms with Gasteiger partial charge in [0.1, 0.15) is 0 Å². The Hall–Kier alpha value is 0.200. The van der Waals surface area contributed by atoms with Gasteiger partial charge in [0.2, 0.25) is 0 Å². The van der Waals surface area contributed by atoms with Crippen LogP contribution in [0.25, 0.3) is 0 Å². The van der Waals surface area contributed by atoms with Crippen LogP contribution in [0.4, 0.5) is 0 Å². The van der Waals surface area contributed by atoms with E-state index in [2.05, 4.69) is 29.8 Å². The van der Waals surface area contributed by atoms with Crippen LogP contribution in [0.2, 0.25) is 0 Å². The number of carbonyl (C=O) groups is 1. The minimum Gasteiger partial charge on any atom is -0.292 e. The number of hydrogen-bond donors (Lipinski definition) is 0. The van der Waals surface area contributed by atoms with Crippen molar-refractivity contribution in [1.29, 1.82) is 0 Å². The van der Waals surface area contributed by atoms with Gasteiger partial charge in [0.25, 0.3) is 0 Å². The monoisotopic (exact) mass is 278 g/mol. The molecular weight excluding hydrogens is 268 g/mol. The second-order valence-corrected chi connectivity index (χ2v) is 6.22. The molecule has 1 aromatic rings. The van der Waals surface area contributed by atoms with Gasteiger partial charge in [0.15, 0.2) is 5.78 Å². The number of rotatable bonds is 4. The van der Waals surface area contributed by atoms with Crippen molar-refractivity contribution in [2.75, 3.05) is 5.75 Å². The molecule has 0 bridgehead atoms. The molecule has 0 aliphatic carbocycles. The number of ketones is 1. The first-order valence-corrected chi connectivity index (χ1v) is 6.71. The third kappa shape index (κ3) is 3.44. The van der Waals surface area contributed by atoms with Crippen molar-refractivity contribution in [3.05, 3.63) is 20.8 Å². The Kier molecular flexibility index (Phi) is 4.49. The van der Waals surface area contributed by atoms with E-state index in [9.17, 15) is 4.79 Å². The Morgan fingerprint density at radius 1 is 1.69 bits per heavy atom. The molecule has 0 N–H and O–H groups in total. The summed E-state index contributed by atoms with van der Waals surface area (Å²) in [6, 6.07) is 1.91. The lowest BCUT2D eigenvalue weighted by Crippen LogP contribution is -2.03. The van der Waals surface area contributed by atoms with E-state index >= 15 is 0 Å². The van der Waals surface area contributed by atoms with Gasteiger partial charge < -0.3 is 0 Å². The quantitative estimate of drug-likeness (QED) is 0.779. The molecule has 0 radical (unpaired) electrons. The molecule has 0 saturated heterocycles. The highest BCUT2D eigenvalue weighted by atomic mass is 79.9. The second kappa shape index (κ2) is 5.17. The van der Waals surface area contributed by atoms with Gasteiger partial charge in [0, 0.05) is 4.47 Å². The maximum absolute atomic E-state index is 11.6. The highest BCUT2D eigenvalue weighted by molar-refractivity contribution is 9.10. The van der Waals surface area contributed by atoms with Crippen LogP contribution < -0.4 is 0 Å². The molecule has 0 aromatic carbocycles. The maximum atomic E-state index is 11.6. The van der Waals surface area contributed by atoms with E-state index < -0.39 is 0 Å². The molecule has 0 aliphatic heterocycles. The topological polar surface area (TPSA) is 17.1 Å². The molecule has 72 valence electrons. The molecule has 0 fully saturated rings. The number of Topliss-reactive ketones (excluding diaryl/α,β-unsaturated/α-hetero) is 1. The molecule has 1 rings (SSSR count). The van der Waals surface area contributed by atoms with Gasteiger partial charge in [-0.25, -0.2) is 0 Å². The molecule has 0 atom stereocenters. The summed E-state index contributed by atoms with van der Waals surface area (Å²) in [5, 5.41) is 2.44. The Labute approximate surface area is 95.0 Å². The van der Waals surface area contributed by atoms with E-state index in [1.54, 1.807) is 11.8 Å². The standard InChI is InChI=1S/C9H11BrOS2/c1-6(2)13-5-8(11)9-7(10)3-4-12-9/h3-4,6H,5H2,1-2H3. The van der Waals surface area contributed by atoms with Gasteiger partial charge in [-0.2, -0.15) is 11.8 Å². The number of halogens is 1. The fourth-order valence-electron chi connectivity index (χ4n) is 0.801. The summed E-state index contributed by atoms with van der Waals surface area (Å²) in [6.07, 6.45) is 0. The molecule has 4 heteroatoms. The van der Waals surface area contributed by atoms with Gasteiger partial charge in [-0.3, -0.25) is 4.79 Å². The number of carbonyl (C=O) groups excluding carboxylic acids is 1. The maximum Gasteiger partial charge on any atom is 0.183 e. The Morgan fingerprint density at radius 3 is 2.85 bits per heavy atom. The van der Waals surface area contributed by atoms with Crippen LogP contribution in [0.1, 0.15) is 23.5 Å². The van der Waals surface area contributed by atoms with Gasteiger partial charge in [-0.1, -0.05) is 13.8 Å². The van der Waals surface area contributed by atoms with Crippen molar-refractivity contribution >= 4 is 44.8 Å². The van der Waals surface area contributed by atoms with Crippen LogP contribution in [0.15, 0.2) is 15.9 Å². The first-order chi connectivity index (χ1) is 6.11. The Morgan fingerprint density at radius 2 is 2.38 bits per heavy atom. The summed E-state index contributed by atoms with van der Waals surface area (Å²) in [5.41, 5.74) is 0. The van der Waals surface area contributed by atoms with E-state index in [1.165, 1.54) is 11.3 Å². The van der Waals surface area contributed by atoms with Gasteiger partial charge in [0.05, 0.1) is 10.6 Å². The summed E-state index contributed by atoms with van der Waals surface area (Å²) in [7, 11) is 0. The summed E-state index contributed by atoms with van der Waals surface area (Å²) < 4.78 is 0.923. The SMILES string of the molecule is CC(C)SCC(=O)c1sccc1Br. The minimum absolute atomic E-state index is 0.223. The highest BCUT2D eigenvalue weighted by Gasteiger charge is 2.11. The third-order valence-corrected chi connectivity index (χ3v) is 4.39. The number of thioether (sulfide) groups is 1. The summed E-state index contributed by atoms with van der Waals surface area (Å²) in [5.74, 6) is 0.803. The Bertz CT molecular complexity index is 294. The molecule has 1 nitrogen and oxygen atoms in total. The fourth-order valence-corrected chi connectivity index (χ4v) is 3.05. The zero-order chi connectivity index (χ0) is 9.84. The van der Waals surface area contributed by atoms with Crippen LogP contribution in [-0.2, 0) is 0 Å². The third-order valence-electron chi connectivity index (χ3n) is 1.42. The van der Waals surface area contributed by atoms with Crippen molar-refractivity contribution in [1.82, 2.24) is 0 Å². The van der Waals surface area contributed by atoms with Crippen LogP contribution in [0.3, 0.4) is 0 Å². The minimum atomic E-state index is 0.223. The Balaban J connectivity index is 2.54. The van der Waals surface area contributed by atoms with Crippen LogP contribution >= 0.6 is 39.0 Å². The van der Waals surface area contributed by atoms with Crippen molar-refractivity contribution in [2.24, 2.45) is 0 Å². The lowest BCUT2D eigenvalue weighted by atomic mass is 10.3. The molecule has 0 saturated carbocycles. The molecule has 1 aromatic heterocycles. The van der Waals surface area contributed by atoms with Crippen molar-refractivity contribution in [2.45, 2.75) is 19.1 Å². The van der Waals surface area contributed by atoms with E-state index in [1.807, 2.05) is 11.4 Å². The largest absolute Gasteiger partial charge is 0.292 e. The highest BCUT2D eigenvalue weighted by Crippen LogP contribution is 2.24.